The van der Waals surface area contributed by atoms with Gasteiger partial charge in [0.15, 0.2) is 11.6 Å². The van der Waals surface area contributed by atoms with Gasteiger partial charge < -0.3 is 10.1 Å². The van der Waals surface area contributed by atoms with Gasteiger partial charge >= 0.3 is 0 Å². The molecule has 0 aromatic heterocycles. The molecule has 1 heterocycles. The average Bonchev–Trinajstić information content (AvgIpc) is 2.93. The summed E-state index contributed by atoms with van der Waals surface area (Å²) in [5.41, 5.74) is 1.03. The average molecular weight is 283 g/mol. The van der Waals surface area contributed by atoms with Crippen LogP contribution in [0.25, 0.3) is 0 Å². The molecule has 0 amide bonds. The molecule has 2 nitrogen and oxygen atoms in total. The van der Waals surface area contributed by atoms with E-state index in [1.54, 1.807) is 12.1 Å². The SMILES string of the molecule is CCCNC(c1ccc(OC)c(F)c1)C1CCCS1. The molecule has 1 aliphatic rings. The maximum atomic E-state index is 13.9. The fourth-order valence-corrected chi connectivity index (χ4v) is 3.92. The first-order valence-corrected chi connectivity index (χ1v) is 7.99. The lowest BCUT2D eigenvalue weighted by molar-refractivity contribution is 0.385. The normalized spacial score (nSPS) is 20.5. The van der Waals surface area contributed by atoms with Gasteiger partial charge in [-0.05, 0) is 49.3 Å². The molecule has 0 radical (unpaired) electrons. The minimum absolute atomic E-state index is 0.243. The molecule has 2 unspecified atom stereocenters. The largest absolute Gasteiger partial charge is 0.494 e. The second-order valence-corrected chi connectivity index (χ2v) is 6.22. The van der Waals surface area contributed by atoms with Crippen LogP contribution in [0.2, 0.25) is 0 Å². The van der Waals surface area contributed by atoms with E-state index in [2.05, 4.69) is 12.2 Å². The van der Waals surface area contributed by atoms with Gasteiger partial charge in [0.2, 0.25) is 0 Å². The molecular formula is C15H22FNOS. The van der Waals surface area contributed by atoms with E-state index in [1.807, 2.05) is 17.8 Å². The number of rotatable bonds is 6. The molecule has 2 rings (SSSR count). The first-order valence-electron chi connectivity index (χ1n) is 6.94. The summed E-state index contributed by atoms with van der Waals surface area (Å²) in [5, 5.41) is 4.12. The molecule has 0 spiro atoms. The van der Waals surface area contributed by atoms with Gasteiger partial charge in [0.1, 0.15) is 0 Å². The highest BCUT2D eigenvalue weighted by Crippen LogP contribution is 2.36. The van der Waals surface area contributed by atoms with E-state index in [1.165, 1.54) is 25.7 Å². The van der Waals surface area contributed by atoms with Gasteiger partial charge in [0, 0.05) is 11.3 Å². The van der Waals surface area contributed by atoms with Gasteiger partial charge in [-0.1, -0.05) is 13.0 Å². The van der Waals surface area contributed by atoms with Crippen molar-refractivity contribution in [3.63, 3.8) is 0 Å². The molecule has 1 aromatic rings. The second-order valence-electron chi connectivity index (χ2n) is 4.88. The zero-order valence-electron chi connectivity index (χ0n) is 11.6. The Morgan fingerprint density at radius 1 is 1.53 bits per heavy atom. The summed E-state index contributed by atoms with van der Waals surface area (Å²) in [6.07, 6.45) is 3.56. The molecule has 0 saturated carbocycles. The highest BCUT2D eigenvalue weighted by atomic mass is 32.2. The molecule has 2 atom stereocenters. The number of hydrogen-bond acceptors (Lipinski definition) is 3. The van der Waals surface area contributed by atoms with Gasteiger partial charge in [0.05, 0.1) is 7.11 Å². The first kappa shape index (κ1) is 14.7. The van der Waals surface area contributed by atoms with Crippen molar-refractivity contribution in [2.75, 3.05) is 19.4 Å². The van der Waals surface area contributed by atoms with Crippen LogP contribution in [-0.4, -0.2) is 24.7 Å². The first-order chi connectivity index (χ1) is 9.26. The van der Waals surface area contributed by atoms with Crippen molar-refractivity contribution in [2.24, 2.45) is 0 Å². The van der Waals surface area contributed by atoms with Crippen molar-refractivity contribution in [1.29, 1.82) is 0 Å². The molecule has 1 saturated heterocycles. The van der Waals surface area contributed by atoms with Crippen LogP contribution in [0, 0.1) is 5.82 Å². The van der Waals surface area contributed by atoms with Crippen molar-refractivity contribution in [1.82, 2.24) is 5.32 Å². The van der Waals surface area contributed by atoms with Gasteiger partial charge in [-0.3, -0.25) is 0 Å². The fourth-order valence-electron chi connectivity index (χ4n) is 2.51. The summed E-state index contributed by atoms with van der Waals surface area (Å²) in [6.45, 7) is 3.12. The van der Waals surface area contributed by atoms with Crippen LogP contribution in [0.15, 0.2) is 18.2 Å². The van der Waals surface area contributed by atoms with Crippen LogP contribution in [0.1, 0.15) is 37.8 Å². The lowest BCUT2D eigenvalue weighted by Crippen LogP contribution is -2.29. The maximum absolute atomic E-state index is 13.9. The Balaban J connectivity index is 2.18. The lowest BCUT2D eigenvalue weighted by Gasteiger charge is -2.25. The molecule has 0 aliphatic carbocycles. The zero-order valence-corrected chi connectivity index (χ0v) is 12.4. The Hall–Kier alpha value is -0.740. The summed E-state index contributed by atoms with van der Waals surface area (Å²) in [7, 11) is 1.50. The maximum Gasteiger partial charge on any atom is 0.165 e. The van der Waals surface area contributed by atoms with E-state index < -0.39 is 0 Å². The Morgan fingerprint density at radius 2 is 2.37 bits per heavy atom. The highest BCUT2D eigenvalue weighted by Gasteiger charge is 2.27. The molecule has 4 heteroatoms. The van der Waals surface area contributed by atoms with E-state index in [-0.39, 0.29) is 11.9 Å². The number of halogens is 1. The number of ether oxygens (including phenoxy) is 1. The van der Waals surface area contributed by atoms with Crippen molar-refractivity contribution < 1.29 is 9.13 Å². The summed E-state index contributed by atoms with van der Waals surface area (Å²) in [6, 6.07) is 5.57. The van der Waals surface area contributed by atoms with E-state index in [4.69, 9.17) is 4.74 Å². The van der Waals surface area contributed by atoms with Crippen LogP contribution < -0.4 is 10.1 Å². The van der Waals surface area contributed by atoms with Gasteiger partial charge in [-0.25, -0.2) is 4.39 Å². The predicted octanol–water partition coefficient (Wildman–Crippen LogP) is 3.77. The molecule has 1 fully saturated rings. The van der Waals surface area contributed by atoms with Crippen molar-refractivity contribution in [3.8, 4) is 5.75 Å². The fraction of sp³-hybridized carbons (Fsp3) is 0.600. The highest BCUT2D eigenvalue weighted by molar-refractivity contribution is 8.00. The summed E-state index contributed by atoms with van der Waals surface area (Å²) in [4.78, 5) is 0. The van der Waals surface area contributed by atoms with E-state index >= 15 is 0 Å². The number of methoxy groups -OCH3 is 1. The topological polar surface area (TPSA) is 21.3 Å². The number of nitrogens with one attached hydrogen (secondary N) is 1. The molecule has 1 aromatic carbocycles. The lowest BCUT2D eigenvalue weighted by atomic mass is 10.00. The number of thioether (sulfide) groups is 1. The molecule has 1 N–H and O–H groups in total. The Kier molecular flexibility index (Phi) is 5.52. The number of benzene rings is 1. The van der Waals surface area contributed by atoms with Gasteiger partial charge in [-0.2, -0.15) is 11.8 Å². The van der Waals surface area contributed by atoms with Crippen LogP contribution >= 0.6 is 11.8 Å². The zero-order chi connectivity index (χ0) is 13.7. The molecule has 106 valence electrons. The van der Waals surface area contributed by atoms with Gasteiger partial charge in [0.25, 0.3) is 0 Å². The number of hydrogen-bond donors (Lipinski definition) is 1. The van der Waals surface area contributed by atoms with E-state index in [9.17, 15) is 4.39 Å². The standard InChI is InChI=1S/C15H22FNOS/c1-3-8-17-15(14-5-4-9-19-14)11-6-7-13(18-2)12(16)10-11/h6-7,10,14-15,17H,3-5,8-9H2,1-2H3. The van der Waals surface area contributed by atoms with Crippen LogP contribution in [0.4, 0.5) is 4.39 Å². The Labute approximate surface area is 119 Å². The van der Waals surface area contributed by atoms with Crippen LogP contribution in [0.3, 0.4) is 0 Å². The summed E-state index contributed by atoms with van der Waals surface area (Å²) >= 11 is 2.00. The van der Waals surface area contributed by atoms with Gasteiger partial charge in [-0.15, -0.1) is 0 Å². The molecule has 1 aliphatic heterocycles. The monoisotopic (exact) mass is 283 g/mol. The van der Waals surface area contributed by atoms with E-state index in [0.29, 0.717) is 11.0 Å². The summed E-state index contributed by atoms with van der Waals surface area (Å²) in [5.74, 6) is 1.26. The molecule has 0 bridgehead atoms. The third-order valence-electron chi connectivity index (χ3n) is 3.49. The Morgan fingerprint density at radius 3 is 2.95 bits per heavy atom. The predicted molar refractivity (Wildman–Crippen MR) is 79.5 cm³/mol. The molecular weight excluding hydrogens is 261 g/mol. The minimum atomic E-state index is -0.272. The Bertz CT molecular complexity index is 407. The van der Waals surface area contributed by atoms with Crippen molar-refractivity contribution >= 4 is 11.8 Å². The third-order valence-corrected chi connectivity index (χ3v) is 4.95. The molecule has 19 heavy (non-hydrogen) atoms. The second kappa shape index (κ2) is 7.15. The van der Waals surface area contributed by atoms with E-state index in [0.717, 1.165) is 18.5 Å². The van der Waals surface area contributed by atoms with Crippen LogP contribution in [0.5, 0.6) is 5.75 Å². The quantitative estimate of drug-likeness (QED) is 0.858. The minimum Gasteiger partial charge on any atom is -0.494 e. The van der Waals surface area contributed by atoms with Crippen LogP contribution in [-0.2, 0) is 0 Å². The third kappa shape index (κ3) is 3.63. The van der Waals surface area contributed by atoms with Crippen molar-refractivity contribution in [3.05, 3.63) is 29.6 Å². The van der Waals surface area contributed by atoms with Crippen molar-refractivity contribution in [2.45, 2.75) is 37.5 Å². The smallest absolute Gasteiger partial charge is 0.165 e. The summed E-state index contributed by atoms with van der Waals surface area (Å²) < 4.78 is 18.8.